The molecule has 0 bridgehead atoms. The van der Waals surface area contributed by atoms with Gasteiger partial charge >= 0.3 is 0 Å². The Morgan fingerprint density at radius 3 is 1.62 bits per heavy atom. The lowest BCUT2D eigenvalue weighted by atomic mass is 9.91. The van der Waals surface area contributed by atoms with Crippen molar-refractivity contribution in [1.29, 1.82) is 0 Å². The van der Waals surface area contributed by atoms with E-state index in [0.717, 1.165) is 22.6 Å². The van der Waals surface area contributed by atoms with Gasteiger partial charge < -0.3 is 20.1 Å². The Bertz CT molecular complexity index is 643. The van der Waals surface area contributed by atoms with Crippen LogP contribution in [-0.2, 0) is 0 Å². The molecular formula is C20H28N2O2. The highest BCUT2D eigenvalue weighted by atomic mass is 16.5. The molecule has 0 fully saturated rings. The van der Waals surface area contributed by atoms with Gasteiger partial charge in [0.25, 0.3) is 0 Å². The smallest absolute Gasteiger partial charge is 0.123 e. The van der Waals surface area contributed by atoms with Crippen molar-refractivity contribution in [2.75, 3.05) is 21.3 Å². The van der Waals surface area contributed by atoms with Crippen LogP contribution in [0.2, 0.25) is 0 Å². The second-order valence-corrected chi connectivity index (χ2v) is 6.05. The molecule has 0 aliphatic rings. The second kappa shape index (κ2) is 8.71. The first kappa shape index (κ1) is 18.3. The van der Waals surface area contributed by atoms with Crippen molar-refractivity contribution >= 4 is 0 Å². The lowest BCUT2D eigenvalue weighted by molar-refractivity contribution is 0.340. The number of likely N-dealkylation sites (N-methyl/N-ethyl adjacent to an activating group) is 1. The van der Waals surface area contributed by atoms with Crippen LogP contribution in [0.15, 0.2) is 48.5 Å². The van der Waals surface area contributed by atoms with Gasteiger partial charge in [0.05, 0.1) is 26.3 Å². The summed E-state index contributed by atoms with van der Waals surface area (Å²) in [6.07, 6.45) is 0. The molecule has 0 heterocycles. The van der Waals surface area contributed by atoms with E-state index in [4.69, 9.17) is 9.47 Å². The second-order valence-electron chi connectivity index (χ2n) is 6.05. The van der Waals surface area contributed by atoms with Crippen molar-refractivity contribution in [1.82, 2.24) is 10.6 Å². The number of benzene rings is 2. The Hall–Kier alpha value is -2.04. The molecule has 0 aromatic heterocycles. The molecule has 0 saturated heterocycles. The Balaban J connectivity index is 2.52. The summed E-state index contributed by atoms with van der Waals surface area (Å²) in [5.41, 5.74) is 2.24. The third kappa shape index (κ3) is 4.08. The predicted molar refractivity (Wildman–Crippen MR) is 98.8 cm³/mol. The Kier molecular flexibility index (Phi) is 6.64. The zero-order valence-corrected chi connectivity index (χ0v) is 15.2. The van der Waals surface area contributed by atoms with E-state index in [9.17, 15) is 0 Å². The summed E-state index contributed by atoms with van der Waals surface area (Å²) < 4.78 is 11.2. The highest BCUT2D eigenvalue weighted by molar-refractivity contribution is 5.42. The van der Waals surface area contributed by atoms with E-state index in [2.05, 4.69) is 36.6 Å². The van der Waals surface area contributed by atoms with E-state index < -0.39 is 0 Å². The van der Waals surface area contributed by atoms with Crippen LogP contribution in [0.3, 0.4) is 0 Å². The Morgan fingerprint density at radius 1 is 0.750 bits per heavy atom. The molecule has 2 rings (SSSR count). The van der Waals surface area contributed by atoms with Crippen LogP contribution in [0.4, 0.5) is 0 Å². The molecule has 0 unspecified atom stereocenters. The molecule has 24 heavy (non-hydrogen) atoms. The van der Waals surface area contributed by atoms with Gasteiger partial charge in [-0.15, -0.1) is 0 Å². The molecule has 2 aromatic carbocycles. The third-order valence-corrected chi connectivity index (χ3v) is 4.11. The predicted octanol–water partition coefficient (Wildman–Crippen LogP) is 3.70. The quantitative estimate of drug-likeness (QED) is 0.775. The lowest BCUT2D eigenvalue weighted by Crippen LogP contribution is -2.37. The molecule has 0 aliphatic carbocycles. The van der Waals surface area contributed by atoms with E-state index in [1.807, 2.05) is 43.4 Å². The van der Waals surface area contributed by atoms with Crippen molar-refractivity contribution in [3.05, 3.63) is 59.7 Å². The number of rotatable bonds is 8. The van der Waals surface area contributed by atoms with Gasteiger partial charge in [0.2, 0.25) is 0 Å². The van der Waals surface area contributed by atoms with Crippen LogP contribution in [0.25, 0.3) is 0 Å². The van der Waals surface area contributed by atoms with Gasteiger partial charge in [-0.2, -0.15) is 0 Å². The molecule has 0 radical (unpaired) electrons. The highest BCUT2D eigenvalue weighted by Crippen LogP contribution is 2.37. The summed E-state index contributed by atoms with van der Waals surface area (Å²) in [6, 6.07) is 16.7. The van der Waals surface area contributed by atoms with E-state index in [-0.39, 0.29) is 12.1 Å². The van der Waals surface area contributed by atoms with Crippen molar-refractivity contribution in [2.24, 2.45) is 0 Å². The van der Waals surface area contributed by atoms with E-state index in [0.29, 0.717) is 6.04 Å². The standard InChI is InChI=1S/C20H28N2O2/c1-14(2)22-20(16-11-7-9-13-18(16)24-5)19(21-3)15-10-6-8-12-17(15)23-4/h6-14,19-22H,1-5H3/t19-,20-/m0/s1. The molecule has 130 valence electrons. The summed E-state index contributed by atoms with van der Waals surface area (Å²) in [7, 11) is 5.39. The number of ether oxygens (including phenoxy) is 2. The minimum Gasteiger partial charge on any atom is -0.496 e. The molecule has 2 aromatic rings. The van der Waals surface area contributed by atoms with Crippen LogP contribution >= 0.6 is 0 Å². The van der Waals surface area contributed by atoms with Gasteiger partial charge in [-0.3, -0.25) is 0 Å². The van der Waals surface area contributed by atoms with Crippen LogP contribution in [0, 0.1) is 0 Å². The van der Waals surface area contributed by atoms with Crippen LogP contribution in [0.5, 0.6) is 11.5 Å². The third-order valence-electron chi connectivity index (χ3n) is 4.11. The summed E-state index contributed by atoms with van der Waals surface area (Å²) in [5.74, 6) is 1.76. The average molecular weight is 328 g/mol. The number of nitrogens with one attached hydrogen (secondary N) is 2. The molecule has 0 aliphatic heterocycles. The maximum absolute atomic E-state index is 5.60. The number of methoxy groups -OCH3 is 2. The highest BCUT2D eigenvalue weighted by Gasteiger charge is 2.28. The van der Waals surface area contributed by atoms with Gasteiger partial charge in [0, 0.05) is 17.2 Å². The molecule has 2 atom stereocenters. The van der Waals surface area contributed by atoms with Crippen molar-refractivity contribution in [3.63, 3.8) is 0 Å². The average Bonchev–Trinajstić information content (AvgIpc) is 2.61. The van der Waals surface area contributed by atoms with Gasteiger partial charge in [-0.25, -0.2) is 0 Å². The normalized spacial score (nSPS) is 13.6. The van der Waals surface area contributed by atoms with Crippen molar-refractivity contribution < 1.29 is 9.47 Å². The molecule has 0 spiro atoms. The fourth-order valence-electron chi connectivity index (χ4n) is 3.07. The molecule has 4 heteroatoms. The number of hydrogen-bond acceptors (Lipinski definition) is 4. The molecule has 0 saturated carbocycles. The maximum atomic E-state index is 5.60. The Morgan fingerprint density at radius 2 is 1.21 bits per heavy atom. The molecule has 0 amide bonds. The van der Waals surface area contributed by atoms with E-state index in [1.165, 1.54) is 0 Å². The number of hydrogen-bond donors (Lipinski definition) is 2. The first-order valence-corrected chi connectivity index (χ1v) is 8.31. The first-order chi connectivity index (χ1) is 11.6. The SMILES string of the molecule is CN[C@@H](c1ccccc1OC)[C@@H](NC(C)C)c1ccccc1OC. The summed E-state index contributed by atoms with van der Waals surface area (Å²) >= 11 is 0. The van der Waals surface area contributed by atoms with Gasteiger partial charge in [-0.1, -0.05) is 50.2 Å². The van der Waals surface area contributed by atoms with Gasteiger partial charge in [0.15, 0.2) is 0 Å². The zero-order valence-electron chi connectivity index (χ0n) is 15.2. The topological polar surface area (TPSA) is 42.5 Å². The van der Waals surface area contributed by atoms with Crippen molar-refractivity contribution in [2.45, 2.75) is 32.0 Å². The van der Waals surface area contributed by atoms with Gasteiger partial charge in [0.1, 0.15) is 11.5 Å². The maximum Gasteiger partial charge on any atom is 0.123 e. The van der Waals surface area contributed by atoms with E-state index in [1.54, 1.807) is 14.2 Å². The van der Waals surface area contributed by atoms with E-state index >= 15 is 0 Å². The summed E-state index contributed by atoms with van der Waals surface area (Å²) in [5, 5.41) is 7.12. The summed E-state index contributed by atoms with van der Waals surface area (Å²) in [6.45, 7) is 4.30. The van der Waals surface area contributed by atoms with Crippen LogP contribution in [0.1, 0.15) is 37.1 Å². The fraction of sp³-hybridized carbons (Fsp3) is 0.400. The van der Waals surface area contributed by atoms with Crippen molar-refractivity contribution in [3.8, 4) is 11.5 Å². The molecular weight excluding hydrogens is 300 g/mol. The molecule has 2 N–H and O–H groups in total. The minimum atomic E-state index is 0.0415. The lowest BCUT2D eigenvalue weighted by Gasteiger charge is -2.32. The largest absolute Gasteiger partial charge is 0.496 e. The van der Waals surface area contributed by atoms with Gasteiger partial charge in [-0.05, 0) is 19.2 Å². The number of para-hydroxylation sites is 2. The monoisotopic (exact) mass is 328 g/mol. The van der Waals surface area contributed by atoms with Crippen LogP contribution in [-0.4, -0.2) is 27.3 Å². The first-order valence-electron chi connectivity index (χ1n) is 8.31. The van der Waals surface area contributed by atoms with Crippen LogP contribution < -0.4 is 20.1 Å². The fourth-order valence-corrected chi connectivity index (χ4v) is 3.07. The summed E-state index contributed by atoms with van der Waals surface area (Å²) in [4.78, 5) is 0. The minimum absolute atomic E-state index is 0.0415. The molecule has 4 nitrogen and oxygen atoms in total. The zero-order chi connectivity index (χ0) is 17.5. The Labute approximate surface area is 145 Å².